The Bertz CT molecular complexity index is 359. The molecule has 0 aromatic rings. The molecule has 11 heteroatoms. The third kappa shape index (κ3) is 9.18. The largest absolute Gasteiger partial charge is 0.345 e. The maximum atomic E-state index is 10.7. The zero-order chi connectivity index (χ0) is 11.4. The summed E-state index contributed by atoms with van der Waals surface area (Å²) in [7, 11) is -7.14. The van der Waals surface area contributed by atoms with Crippen LogP contribution in [0.15, 0.2) is 0 Å². The maximum absolute atomic E-state index is 10.7. The zero-order valence-corrected chi connectivity index (χ0v) is 8.99. The molecule has 0 rings (SSSR count). The molecule has 0 aliphatic carbocycles. The second-order valence-electron chi connectivity index (χ2n) is 2.33. The summed E-state index contributed by atoms with van der Waals surface area (Å²) in [4.78, 5) is 13.9. The van der Waals surface area contributed by atoms with Crippen LogP contribution in [0.4, 0.5) is 4.79 Å². The monoisotopic (exact) mass is 246 g/mol. The molecule has 0 unspecified atom stereocenters. The molecule has 0 aromatic heterocycles. The van der Waals surface area contributed by atoms with Crippen molar-refractivity contribution in [3.8, 4) is 0 Å². The number of hydrogen-bond donors (Lipinski definition) is 4. The molecular formula is C3H10N4O5S2. The summed E-state index contributed by atoms with van der Waals surface area (Å²) < 4.78 is 41.8. The Balaban J connectivity index is 3.91. The fraction of sp³-hybridized carbons (Fsp3) is 0.667. The van der Waals surface area contributed by atoms with Gasteiger partial charge in [-0.15, -0.1) is 9.66 Å². The number of urea groups is 1. The molecule has 0 heterocycles. The second kappa shape index (κ2) is 4.54. The summed E-state index contributed by atoms with van der Waals surface area (Å²) in [5.74, 6) is 0. The van der Waals surface area contributed by atoms with Crippen molar-refractivity contribution in [2.75, 3.05) is 12.5 Å². The fourth-order valence-corrected chi connectivity index (χ4v) is 0.866. The molecule has 0 fully saturated rings. The Morgan fingerprint density at radius 1 is 0.857 bits per heavy atom. The number of amides is 2. The number of carbonyl (C=O) groups excluding carboxylic acids is 1. The van der Waals surface area contributed by atoms with Gasteiger partial charge in [0, 0.05) is 0 Å². The van der Waals surface area contributed by atoms with Gasteiger partial charge in [-0.1, -0.05) is 0 Å². The summed E-state index contributed by atoms with van der Waals surface area (Å²) in [6.45, 7) is 0. The van der Waals surface area contributed by atoms with Crippen molar-refractivity contribution in [3.63, 3.8) is 0 Å². The first-order chi connectivity index (χ1) is 6.10. The molecule has 84 valence electrons. The van der Waals surface area contributed by atoms with E-state index in [2.05, 4.69) is 0 Å². The van der Waals surface area contributed by atoms with E-state index < -0.39 is 26.1 Å². The Kier molecular flexibility index (Phi) is 4.25. The van der Waals surface area contributed by atoms with E-state index in [1.54, 1.807) is 20.5 Å². The Morgan fingerprint density at radius 2 is 1.14 bits per heavy atom. The predicted molar refractivity (Wildman–Crippen MR) is 47.6 cm³/mol. The molecule has 0 aromatic carbocycles. The molecule has 0 radical (unpaired) electrons. The van der Waals surface area contributed by atoms with Crippen LogP contribution in [-0.2, 0) is 20.0 Å². The fourth-order valence-electron chi connectivity index (χ4n) is 0.309. The SMILES string of the molecule is CS(=O)(=O)NNC(=O)NNS(C)(=O)=O. The van der Waals surface area contributed by atoms with E-state index in [9.17, 15) is 21.6 Å². The van der Waals surface area contributed by atoms with Gasteiger partial charge in [0.25, 0.3) is 0 Å². The highest BCUT2D eigenvalue weighted by Gasteiger charge is 2.06. The molecule has 0 aliphatic rings. The minimum Gasteiger partial charge on any atom is -0.258 e. The lowest BCUT2D eigenvalue weighted by molar-refractivity contribution is 0.238. The standard InChI is InChI=1S/C3H10N4O5S2/c1-13(9,10)6-4-3(8)5-7-14(2,11)12/h6-7H,1-2H3,(H2,4,5,8). The maximum Gasteiger partial charge on any atom is 0.345 e. The van der Waals surface area contributed by atoms with Gasteiger partial charge >= 0.3 is 6.03 Å². The molecule has 0 spiro atoms. The van der Waals surface area contributed by atoms with E-state index in [1.165, 1.54) is 0 Å². The van der Waals surface area contributed by atoms with Gasteiger partial charge in [0.15, 0.2) is 0 Å². The van der Waals surface area contributed by atoms with Gasteiger partial charge in [0.05, 0.1) is 12.5 Å². The highest BCUT2D eigenvalue weighted by atomic mass is 32.2. The molecule has 2 amide bonds. The molecule has 0 atom stereocenters. The highest BCUT2D eigenvalue weighted by molar-refractivity contribution is 7.89. The lowest BCUT2D eigenvalue weighted by Gasteiger charge is -2.06. The average Bonchev–Trinajstić information content (AvgIpc) is 1.94. The van der Waals surface area contributed by atoms with Crippen LogP contribution in [0.25, 0.3) is 0 Å². The van der Waals surface area contributed by atoms with E-state index in [0.717, 1.165) is 12.5 Å². The number of hydrogen-bond acceptors (Lipinski definition) is 5. The first-order valence-electron chi connectivity index (χ1n) is 3.10. The van der Waals surface area contributed by atoms with Crippen LogP contribution in [0, 0.1) is 0 Å². The lowest BCUT2D eigenvalue weighted by Crippen LogP contribution is -2.51. The molecular weight excluding hydrogens is 236 g/mol. The zero-order valence-electron chi connectivity index (χ0n) is 7.36. The van der Waals surface area contributed by atoms with Gasteiger partial charge in [0.1, 0.15) is 0 Å². The molecule has 14 heavy (non-hydrogen) atoms. The van der Waals surface area contributed by atoms with Crippen molar-refractivity contribution in [2.24, 2.45) is 0 Å². The van der Waals surface area contributed by atoms with Gasteiger partial charge in [-0.05, 0) is 0 Å². The van der Waals surface area contributed by atoms with Crippen LogP contribution in [0.3, 0.4) is 0 Å². The molecule has 9 nitrogen and oxygen atoms in total. The van der Waals surface area contributed by atoms with Gasteiger partial charge in [-0.25, -0.2) is 21.6 Å². The topological polar surface area (TPSA) is 133 Å². The highest BCUT2D eigenvalue weighted by Crippen LogP contribution is 1.70. The van der Waals surface area contributed by atoms with Crippen molar-refractivity contribution < 1.29 is 21.6 Å². The van der Waals surface area contributed by atoms with Crippen molar-refractivity contribution in [2.45, 2.75) is 0 Å². The van der Waals surface area contributed by atoms with Crippen molar-refractivity contribution in [1.29, 1.82) is 0 Å². The smallest absolute Gasteiger partial charge is 0.258 e. The molecule has 0 aliphatic heterocycles. The molecule has 4 N–H and O–H groups in total. The summed E-state index contributed by atoms with van der Waals surface area (Å²) in [6, 6.07) is -1.05. The van der Waals surface area contributed by atoms with Crippen molar-refractivity contribution >= 4 is 26.1 Å². The van der Waals surface area contributed by atoms with Crippen LogP contribution >= 0.6 is 0 Å². The summed E-state index contributed by atoms with van der Waals surface area (Å²) in [5.41, 5.74) is 3.36. The van der Waals surface area contributed by atoms with E-state index in [0.29, 0.717) is 0 Å². The van der Waals surface area contributed by atoms with Gasteiger partial charge in [0.2, 0.25) is 20.0 Å². The second-order valence-corrected chi connectivity index (χ2v) is 5.82. The number of nitrogens with one attached hydrogen (secondary N) is 4. The summed E-state index contributed by atoms with van der Waals surface area (Å²) in [6.07, 6.45) is 1.63. The minimum absolute atomic E-state index is 0.817. The van der Waals surface area contributed by atoms with Crippen molar-refractivity contribution in [3.05, 3.63) is 0 Å². The lowest BCUT2D eigenvalue weighted by atomic mass is 11.1. The van der Waals surface area contributed by atoms with Crippen LogP contribution in [0.5, 0.6) is 0 Å². The third-order valence-electron chi connectivity index (χ3n) is 0.700. The molecule has 0 saturated carbocycles. The van der Waals surface area contributed by atoms with E-state index in [4.69, 9.17) is 0 Å². The minimum atomic E-state index is -3.57. The Hall–Kier alpha value is -0.910. The Morgan fingerprint density at radius 3 is 1.36 bits per heavy atom. The first-order valence-corrected chi connectivity index (χ1v) is 6.88. The Labute approximate surface area is 81.3 Å². The number of hydrazine groups is 2. The number of rotatable bonds is 4. The number of carbonyl (C=O) groups is 1. The van der Waals surface area contributed by atoms with Gasteiger partial charge < -0.3 is 0 Å². The van der Waals surface area contributed by atoms with E-state index in [1.807, 2.05) is 0 Å². The van der Waals surface area contributed by atoms with Crippen LogP contribution in [0.2, 0.25) is 0 Å². The van der Waals surface area contributed by atoms with Crippen LogP contribution in [-0.4, -0.2) is 35.4 Å². The van der Waals surface area contributed by atoms with E-state index in [-0.39, 0.29) is 0 Å². The summed E-state index contributed by atoms with van der Waals surface area (Å²) >= 11 is 0. The predicted octanol–water partition coefficient (Wildman–Crippen LogP) is -2.79. The first kappa shape index (κ1) is 13.1. The van der Waals surface area contributed by atoms with Crippen molar-refractivity contribution in [1.82, 2.24) is 20.5 Å². The average molecular weight is 246 g/mol. The number of sulfonamides is 2. The molecule has 0 saturated heterocycles. The van der Waals surface area contributed by atoms with Crippen LogP contribution in [0.1, 0.15) is 0 Å². The van der Waals surface area contributed by atoms with Gasteiger partial charge in [-0.2, -0.15) is 0 Å². The van der Waals surface area contributed by atoms with Gasteiger partial charge in [-0.3, -0.25) is 10.9 Å². The third-order valence-corrected chi connectivity index (χ3v) is 1.65. The van der Waals surface area contributed by atoms with Crippen LogP contribution < -0.4 is 20.5 Å². The molecule has 0 bridgehead atoms. The van der Waals surface area contributed by atoms with E-state index >= 15 is 0 Å². The normalized spacial score (nSPS) is 12.1. The quantitative estimate of drug-likeness (QED) is 0.398. The summed E-state index contributed by atoms with van der Waals surface area (Å²) in [5, 5.41) is 0.